The van der Waals surface area contributed by atoms with Crippen LogP contribution in [0.4, 0.5) is 0 Å². The summed E-state index contributed by atoms with van der Waals surface area (Å²) < 4.78 is 0. The second kappa shape index (κ2) is 7.25. The van der Waals surface area contributed by atoms with Crippen molar-refractivity contribution in [1.29, 1.82) is 0 Å². The van der Waals surface area contributed by atoms with Crippen molar-refractivity contribution in [2.45, 2.75) is 64.5 Å². The molecule has 1 amide bonds. The molecule has 21 heavy (non-hydrogen) atoms. The Morgan fingerprint density at radius 3 is 2.38 bits per heavy atom. The lowest BCUT2D eigenvalue weighted by atomic mass is 9.87. The molecule has 2 unspecified atom stereocenters. The van der Waals surface area contributed by atoms with Crippen LogP contribution >= 0.6 is 0 Å². The minimum absolute atomic E-state index is 0.0928. The molecule has 0 aromatic carbocycles. The van der Waals surface area contributed by atoms with Crippen LogP contribution in [0.1, 0.15) is 52.4 Å². The zero-order valence-corrected chi connectivity index (χ0v) is 13.2. The highest BCUT2D eigenvalue weighted by Crippen LogP contribution is 2.24. The molecule has 0 aromatic rings. The Kier molecular flexibility index (Phi) is 5.62. The number of carbonyl (C=O) groups excluding carboxylic acids is 1. The van der Waals surface area contributed by atoms with Gasteiger partial charge < -0.3 is 10.4 Å². The molecule has 1 heterocycles. The maximum Gasteiger partial charge on any atom is 0.306 e. The number of amides is 1. The normalized spacial score (nSPS) is 34.4. The molecule has 1 aliphatic heterocycles. The predicted octanol–water partition coefficient (Wildman–Crippen LogP) is 1.87. The van der Waals surface area contributed by atoms with Crippen molar-refractivity contribution >= 4 is 11.9 Å². The first-order valence-corrected chi connectivity index (χ1v) is 8.22. The fourth-order valence-electron chi connectivity index (χ4n) is 3.54. The van der Waals surface area contributed by atoms with Crippen LogP contribution in [0.15, 0.2) is 0 Å². The van der Waals surface area contributed by atoms with Crippen molar-refractivity contribution in [2.24, 2.45) is 11.8 Å². The summed E-state index contributed by atoms with van der Waals surface area (Å²) in [5.74, 6) is -0.0789. The van der Waals surface area contributed by atoms with Crippen LogP contribution in [0.25, 0.3) is 0 Å². The van der Waals surface area contributed by atoms with Gasteiger partial charge in [0.15, 0.2) is 0 Å². The number of carboxylic acids is 1. The van der Waals surface area contributed by atoms with Gasteiger partial charge in [0.05, 0.1) is 12.5 Å². The number of hydrogen-bond acceptors (Lipinski definition) is 3. The Morgan fingerprint density at radius 2 is 1.81 bits per heavy atom. The standard InChI is InChI=1S/C16H28N2O3/c1-11-3-5-14(6-4-11)17-15(19)10-18-8-7-13(16(20)21)9-12(18)2/h11-14H,3-10H2,1-2H3,(H,17,19)(H,20,21). The van der Waals surface area contributed by atoms with Crippen molar-refractivity contribution in [3.63, 3.8) is 0 Å². The minimum atomic E-state index is -0.706. The van der Waals surface area contributed by atoms with Gasteiger partial charge in [0.1, 0.15) is 0 Å². The summed E-state index contributed by atoms with van der Waals surface area (Å²) in [5, 5.41) is 12.2. The van der Waals surface area contributed by atoms with Gasteiger partial charge in [-0.15, -0.1) is 0 Å². The van der Waals surface area contributed by atoms with Crippen LogP contribution in [0.2, 0.25) is 0 Å². The summed E-state index contributed by atoms with van der Waals surface area (Å²) in [6, 6.07) is 0.498. The number of carboxylic acid groups (broad SMARTS) is 1. The number of rotatable bonds is 4. The first-order valence-electron chi connectivity index (χ1n) is 8.22. The molecule has 0 bridgehead atoms. The fourth-order valence-corrected chi connectivity index (χ4v) is 3.54. The van der Waals surface area contributed by atoms with E-state index in [4.69, 9.17) is 5.11 Å². The van der Waals surface area contributed by atoms with Crippen molar-refractivity contribution < 1.29 is 14.7 Å². The highest BCUT2D eigenvalue weighted by atomic mass is 16.4. The fraction of sp³-hybridized carbons (Fsp3) is 0.875. The summed E-state index contributed by atoms with van der Waals surface area (Å²) in [6.07, 6.45) is 5.86. The number of carbonyl (C=O) groups is 2. The second-order valence-electron chi connectivity index (χ2n) is 6.90. The van der Waals surface area contributed by atoms with Crippen molar-refractivity contribution in [2.75, 3.05) is 13.1 Å². The Morgan fingerprint density at radius 1 is 1.14 bits per heavy atom. The van der Waals surface area contributed by atoms with Crippen LogP contribution in [0.5, 0.6) is 0 Å². The van der Waals surface area contributed by atoms with Crippen molar-refractivity contribution in [3.8, 4) is 0 Å². The Bertz CT molecular complexity index is 378. The first-order chi connectivity index (χ1) is 9.95. The molecule has 0 spiro atoms. The molecule has 0 aromatic heterocycles. The highest BCUT2D eigenvalue weighted by molar-refractivity contribution is 5.78. The smallest absolute Gasteiger partial charge is 0.306 e. The van der Waals surface area contributed by atoms with Crippen LogP contribution in [-0.2, 0) is 9.59 Å². The zero-order valence-electron chi connectivity index (χ0n) is 13.2. The number of nitrogens with one attached hydrogen (secondary N) is 1. The summed E-state index contributed by atoms with van der Waals surface area (Å²) in [6.45, 7) is 5.39. The van der Waals surface area contributed by atoms with Gasteiger partial charge in [-0.05, 0) is 57.9 Å². The largest absolute Gasteiger partial charge is 0.481 e. The third kappa shape index (κ3) is 4.70. The van der Waals surface area contributed by atoms with E-state index in [1.54, 1.807) is 0 Å². The lowest BCUT2D eigenvalue weighted by Crippen LogP contribution is -2.49. The summed E-state index contributed by atoms with van der Waals surface area (Å²) in [7, 11) is 0. The van der Waals surface area contributed by atoms with Gasteiger partial charge in [-0.1, -0.05) is 6.92 Å². The molecular weight excluding hydrogens is 268 g/mol. The SMILES string of the molecule is CC1CCC(NC(=O)CN2CCC(C(=O)O)CC2C)CC1. The molecule has 1 aliphatic carbocycles. The minimum Gasteiger partial charge on any atom is -0.481 e. The average Bonchev–Trinajstić information content (AvgIpc) is 2.43. The molecule has 1 saturated carbocycles. The molecule has 0 radical (unpaired) electrons. The van der Waals surface area contributed by atoms with Gasteiger partial charge in [0.2, 0.25) is 5.91 Å². The maximum atomic E-state index is 12.2. The molecule has 5 nitrogen and oxygen atoms in total. The van der Waals surface area contributed by atoms with Gasteiger partial charge in [-0.3, -0.25) is 14.5 Å². The van der Waals surface area contributed by atoms with E-state index in [0.717, 1.165) is 18.8 Å². The Balaban J connectivity index is 1.74. The molecule has 1 saturated heterocycles. The number of piperidine rings is 1. The summed E-state index contributed by atoms with van der Waals surface area (Å²) in [5.41, 5.74) is 0. The molecule has 120 valence electrons. The third-order valence-electron chi connectivity index (χ3n) is 5.09. The monoisotopic (exact) mass is 296 g/mol. The molecule has 5 heteroatoms. The molecule has 2 fully saturated rings. The van der Waals surface area contributed by atoms with E-state index in [1.165, 1.54) is 12.8 Å². The van der Waals surface area contributed by atoms with Gasteiger partial charge >= 0.3 is 5.97 Å². The van der Waals surface area contributed by atoms with Gasteiger partial charge in [-0.2, -0.15) is 0 Å². The van der Waals surface area contributed by atoms with E-state index in [2.05, 4.69) is 17.1 Å². The molecule has 2 rings (SSSR count). The lowest BCUT2D eigenvalue weighted by molar-refractivity contribution is -0.144. The van der Waals surface area contributed by atoms with Crippen LogP contribution < -0.4 is 5.32 Å². The first kappa shape index (κ1) is 16.3. The van der Waals surface area contributed by atoms with E-state index in [0.29, 0.717) is 32.0 Å². The predicted molar refractivity (Wildman–Crippen MR) is 81.0 cm³/mol. The molecule has 2 N–H and O–H groups in total. The Hall–Kier alpha value is -1.10. The molecule has 2 atom stereocenters. The van der Waals surface area contributed by atoms with Crippen molar-refractivity contribution in [3.05, 3.63) is 0 Å². The molecule has 2 aliphatic rings. The Labute approximate surface area is 127 Å². The van der Waals surface area contributed by atoms with Gasteiger partial charge in [0.25, 0.3) is 0 Å². The number of nitrogens with zero attached hydrogens (tertiary/aromatic N) is 1. The maximum absolute atomic E-state index is 12.2. The third-order valence-corrected chi connectivity index (χ3v) is 5.09. The van der Waals surface area contributed by atoms with Crippen LogP contribution in [-0.4, -0.2) is 47.1 Å². The van der Waals surface area contributed by atoms with E-state index >= 15 is 0 Å². The van der Waals surface area contributed by atoms with Gasteiger partial charge in [0, 0.05) is 12.1 Å². The zero-order chi connectivity index (χ0) is 15.4. The summed E-state index contributed by atoms with van der Waals surface area (Å²) >= 11 is 0. The van der Waals surface area contributed by atoms with E-state index in [1.807, 2.05) is 6.92 Å². The summed E-state index contributed by atoms with van der Waals surface area (Å²) in [4.78, 5) is 25.3. The van der Waals surface area contributed by atoms with E-state index in [-0.39, 0.29) is 17.9 Å². The van der Waals surface area contributed by atoms with Gasteiger partial charge in [-0.25, -0.2) is 0 Å². The highest BCUT2D eigenvalue weighted by Gasteiger charge is 2.31. The number of hydrogen-bond donors (Lipinski definition) is 2. The van der Waals surface area contributed by atoms with Crippen molar-refractivity contribution in [1.82, 2.24) is 10.2 Å². The number of aliphatic carboxylic acids is 1. The van der Waals surface area contributed by atoms with Crippen LogP contribution in [0, 0.1) is 11.8 Å². The lowest BCUT2D eigenvalue weighted by Gasteiger charge is -2.36. The van der Waals surface area contributed by atoms with E-state index < -0.39 is 5.97 Å². The molecular formula is C16H28N2O3. The van der Waals surface area contributed by atoms with E-state index in [9.17, 15) is 9.59 Å². The quantitative estimate of drug-likeness (QED) is 0.831. The topological polar surface area (TPSA) is 69.6 Å². The average molecular weight is 296 g/mol. The van der Waals surface area contributed by atoms with Crippen LogP contribution in [0.3, 0.4) is 0 Å². The second-order valence-corrected chi connectivity index (χ2v) is 6.90. The number of likely N-dealkylation sites (tertiary alicyclic amines) is 1.